The lowest BCUT2D eigenvalue weighted by Gasteiger charge is -2.19. The van der Waals surface area contributed by atoms with Crippen LogP contribution in [0.5, 0.6) is 0 Å². The van der Waals surface area contributed by atoms with E-state index >= 15 is 0 Å². The van der Waals surface area contributed by atoms with E-state index in [1.54, 1.807) is 0 Å². The minimum atomic E-state index is -4.42. The molecule has 0 spiro atoms. The average Bonchev–Trinajstić information content (AvgIpc) is 2.57. The van der Waals surface area contributed by atoms with Crippen molar-refractivity contribution in [2.24, 2.45) is 5.73 Å². The second-order valence-electron chi connectivity index (χ2n) is 24.0. The minimum Gasteiger partial charge on any atom is -0.462 e. The van der Waals surface area contributed by atoms with Crippen LogP contribution in [0.25, 0.3) is 0 Å². The molecule has 0 heterocycles. The number of allylic oxidation sites excluding steroid dienone is 38. The quantitative estimate of drug-likeness (QED) is 0.0264. The van der Waals surface area contributed by atoms with E-state index in [1.807, 2.05) is 0 Å². The van der Waals surface area contributed by atoms with Gasteiger partial charge in [0, 0.05) is 19.4 Å². The van der Waals surface area contributed by atoms with Crippen LogP contribution >= 0.6 is 7.82 Å². The maximum atomic E-state index is 12.8. The van der Waals surface area contributed by atoms with Crippen LogP contribution in [0, 0.1) is 0 Å². The van der Waals surface area contributed by atoms with Crippen molar-refractivity contribution in [2.45, 2.75) is 277 Å². The van der Waals surface area contributed by atoms with Crippen LogP contribution in [0.15, 0.2) is 231 Å². The molecule has 0 aromatic rings. The Morgan fingerprint density at radius 1 is 0.309 bits per heavy atom. The Hall–Kier alpha value is -5.93. The van der Waals surface area contributed by atoms with Gasteiger partial charge in [-0.1, -0.05) is 328 Å². The van der Waals surface area contributed by atoms with E-state index < -0.39 is 32.5 Å². The number of nitrogens with two attached hydrogens (primary N) is 1. The van der Waals surface area contributed by atoms with Crippen LogP contribution in [0.2, 0.25) is 0 Å². The molecule has 0 saturated carbocycles. The molecule has 10 heteroatoms. The molecule has 0 aliphatic heterocycles. The molecule has 0 aliphatic rings. The van der Waals surface area contributed by atoms with Gasteiger partial charge in [0.2, 0.25) is 0 Å². The summed E-state index contributed by atoms with van der Waals surface area (Å²) in [4.78, 5) is 35.4. The second-order valence-corrected chi connectivity index (χ2v) is 25.5. The standard InChI is InChI=1S/C87H136NO8P/c1-3-5-7-9-11-13-15-17-19-21-23-25-27-29-31-33-35-37-39-40-41-42-43-44-46-48-50-52-54-56-58-60-62-64-66-68-70-72-74-76-78-80-87(90)96-85(84-95-97(91,92)94-82-81-88)83-93-86(89)79-77-75-73-71-69-67-65-63-61-59-57-55-53-51-49-47-45-38-36-34-32-30-28-26-24-22-20-18-16-14-12-10-8-6-4-2/h5-8,11-14,17-20,23-26,29-32,35-38,40-41,43-44,47-50,54,56,60,62,66,68,85H,3-4,9-10,15-16,21-22,27-28,33-34,39,42,45-46,51-53,55,57-59,61,63-65,67,69-84,88H2,1-2H3,(H,91,92)/b7-5-,8-6-,13-11-,14-12-,19-17-,20-18-,25-23-,26-24-,31-29-,32-30-,37-35-,38-36-,41-40-,44-43-,49-47-,50-48-,56-54-,62-60-,68-66-. The van der Waals surface area contributed by atoms with Gasteiger partial charge in [0.1, 0.15) is 6.61 Å². The predicted octanol–water partition coefficient (Wildman–Crippen LogP) is 25.7. The number of hydrogen-bond acceptors (Lipinski definition) is 8. The number of phosphoric acid groups is 1. The first kappa shape index (κ1) is 91.1. The fourth-order valence-corrected chi connectivity index (χ4v) is 10.3. The van der Waals surface area contributed by atoms with Gasteiger partial charge in [-0.05, 0) is 161 Å². The summed E-state index contributed by atoms with van der Waals surface area (Å²) in [6.45, 7) is 3.47. The summed E-state index contributed by atoms with van der Waals surface area (Å²) in [5.74, 6) is -0.872. The topological polar surface area (TPSA) is 134 Å². The van der Waals surface area contributed by atoms with Crippen LogP contribution in [-0.2, 0) is 32.7 Å². The SMILES string of the molecule is CC/C=C\C/C=C\C/C=C\C/C=C\C/C=C\C/C=C\C/C=C\C/C=C\C/C=C\C/C=C\C/C=C\C/C=C\CCCCCCC(=O)OC(COC(=O)CCCCCCCCCCCCCCC/C=C\C/C=C\C/C=C\C/C=C\C/C=C\C/C=C\C/C=C\CC)COP(=O)(O)OCCN. The highest BCUT2D eigenvalue weighted by molar-refractivity contribution is 7.47. The second kappa shape index (κ2) is 79.1. The summed E-state index contributed by atoms with van der Waals surface area (Å²) in [6, 6.07) is 0. The predicted molar refractivity (Wildman–Crippen MR) is 421 cm³/mol. The fourth-order valence-electron chi connectivity index (χ4n) is 9.54. The summed E-state index contributed by atoms with van der Waals surface area (Å²) in [5.41, 5.74) is 5.40. The third-order valence-corrected chi connectivity index (χ3v) is 16.0. The molecular weight excluding hydrogens is 1220 g/mol. The van der Waals surface area contributed by atoms with E-state index in [0.717, 1.165) is 167 Å². The summed E-state index contributed by atoms with van der Waals surface area (Å²) in [5, 5.41) is 0. The fraction of sp³-hybridized carbons (Fsp3) is 0.540. The third-order valence-electron chi connectivity index (χ3n) is 15.0. The Morgan fingerprint density at radius 2 is 0.536 bits per heavy atom. The van der Waals surface area contributed by atoms with Crippen molar-refractivity contribution < 1.29 is 37.6 Å². The zero-order valence-corrected chi connectivity index (χ0v) is 61.9. The third kappa shape index (κ3) is 78.9. The molecule has 0 bridgehead atoms. The molecule has 9 nitrogen and oxygen atoms in total. The molecule has 2 atom stereocenters. The molecule has 0 aliphatic carbocycles. The van der Waals surface area contributed by atoms with Gasteiger partial charge < -0.3 is 20.1 Å². The van der Waals surface area contributed by atoms with Crippen LogP contribution in [-0.4, -0.2) is 49.3 Å². The average molecular weight is 1360 g/mol. The molecule has 0 rings (SSSR count). The Morgan fingerprint density at radius 3 is 0.794 bits per heavy atom. The van der Waals surface area contributed by atoms with Crippen LogP contribution in [0.1, 0.15) is 271 Å². The Labute approximate surface area is 593 Å². The van der Waals surface area contributed by atoms with Gasteiger partial charge in [-0.2, -0.15) is 0 Å². The maximum Gasteiger partial charge on any atom is 0.472 e. The van der Waals surface area contributed by atoms with Gasteiger partial charge in [-0.3, -0.25) is 18.6 Å². The summed E-state index contributed by atoms with van der Waals surface area (Å²) < 4.78 is 33.2. The lowest BCUT2D eigenvalue weighted by Crippen LogP contribution is -2.29. The number of ether oxygens (including phenoxy) is 2. The number of carbonyl (C=O) groups is 2. The Bertz CT molecular complexity index is 2450. The first-order valence-corrected chi connectivity index (χ1v) is 39.4. The van der Waals surface area contributed by atoms with E-state index in [4.69, 9.17) is 24.3 Å². The van der Waals surface area contributed by atoms with Crippen molar-refractivity contribution in [3.05, 3.63) is 231 Å². The lowest BCUT2D eigenvalue weighted by atomic mass is 10.0. The molecule has 0 aromatic heterocycles. The smallest absolute Gasteiger partial charge is 0.462 e. The first-order valence-electron chi connectivity index (χ1n) is 37.9. The highest BCUT2D eigenvalue weighted by atomic mass is 31.2. The number of unbranched alkanes of at least 4 members (excludes halogenated alkanes) is 17. The van der Waals surface area contributed by atoms with Crippen molar-refractivity contribution in [2.75, 3.05) is 26.4 Å². The largest absolute Gasteiger partial charge is 0.472 e. The van der Waals surface area contributed by atoms with Crippen LogP contribution in [0.4, 0.5) is 0 Å². The van der Waals surface area contributed by atoms with Crippen molar-refractivity contribution >= 4 is 19.8 Å². The van der Waals surface area contributed by atoms with E-state index in [1.165, 1.54) is 64.2 Å². The lowest BCUT2D eigenvalue weighted by molar-refractivity contribution is -0.161. The molecule has 0 fully saturated rings. The van der Waals surface area contributed by atoms with Crippen LogP contribution in [0.3, 0.4) is 0 Å². The summed E-state index contributed by atoms with van der Waals surface area (Å²) in [6.07, 6.45) is 124. The van der Waals surface area contributed by atoms with Crippen molar-refractivity contribution in [3.8, 4) is 0 Å². The van der Waals surface area contributed by atoms with Gasteiger partial charge in [0.15, 0.2) is 6.10 Å². The van der Waals surface area contributed by atoms with Crippen molar-refractivity contribution in [3.63, 3.8) is 0 Å². The molecule has 0 aromatic carbocycles. The maximum absolute atomic E-state index is 12.8. The van der Waals surface area contributed by atoms with Crippen molar-refractivity contribution in [1.82, 2.24) is 0 Å². The normalized spacial score (nSPS) is 14.2. The number of hydrogen-bond donors (Lipinski definition) is 2. The molecule has 3 N–H and O–H groups in total. The van der Waals surface area contributed by atoms with Gasteiger partial charge in [0.25, 0.3) is 0 Å². The van der Waals surface area contributed by atoms with Crippen LogP contribution < -0.4 is 5.73 Å². The Kier molecular flexibility index (Phi) is 74.2. The monoisotopic (exact) mass is 1350 g/mol. The summed E-state index contributed by atoms with van der Waals surface area (Å²) >= 11 is 0. The van der Waals surface area contributed by atoms with Gasteiger partial charge in [-0.15, -0.1) is 0 Å². The highest BCUT2D eigenvalue weighted by Gasteiger charge is 2.26. The number of carbonyl (C=O) groups excluding carboxylic acids is 2. The van der Waals surface area contributed by atoms with Crippen molar-refractivity contribution in [1.29, 1.82) is 0 Å². The number of esters is 2. The molecule has 0 saturated heterocycles. The highest BCUT2D eigenvalue weighted by Crippen LogP contribution is 2.43. The molecule has 0 amide bonds. The first-order chi connectivity index (χ1) is 47.8. The van der Waals surface area contributed by atoms with Gasteiger partial charge in [-0.25, -0.2) is 4.57 Å². The van der Waals surface area contributed by atoms with E-state index in [-0.39, 0.29) is 32.6 Å². The molecule has 0 radical (unpaired) electrons. The van der Waals surface area contributed by atoms with E-state index in [0.29, 0.717) is 12.8 Å². The van der Waals surface area contributed by atoms with Gasteiger partial charge >= 0.3 is 19.8 Å². The Balaban J connectivity index is 4.02. The molecule has 542 valence electrons. The van der Waals surface area contributed by atoms with Gasteiger partial charge in [0.05, 0.1) is 13.2 Å². The van der Waals surface area contributed by atoms with E-state index in [2.05, 4.69) is 245 Å². The zero-order valence-electron chi connectivity index (χ0n) is 61.0. The molecular formula is C87H136NO8P. The number of rotatable bonds is 68. The molecule has 97 heavy (non-hydrogen) atoms. The molecule has 2 unspecified atom stereocenters. The number of phosphoric ester groups is 1. The summed E-state index contributed by atoms with van der Waals surface area (Å²) in [7, 11) is -4.42. The van der Waals surface area contributed by atoms with E-state index in [9.17, 15) is 19.0 Å². The minimum absolute atomic E-state index is 0.0373. The zero-order chi connectivity index (χ0) is 70.0.